The first-order chi connectivity index (χ1) is 45.1. The van der Waals surface area contributed by atoms with E-state index in [1.165, 1.54) is 17.8 Å². The van der Waals surface area contributed by atoms with Gasteiger partial charge in [0.15, 0.2) is 11.9 Å². The van der Waals surface area contributed by atoms with Crippen LogP contribution in [0.25, 0.3) is 0 Å². The van der Waals surface area contributed by atoms with Crippen LogP contribution < -0.4 is 5.32 Å². The first-order valence-electron chi connectivity index (χ1n) is 32.0. The predicted molar refractivity (Wildman–Crippen MR) is 332 cm³/mol. The third-order valence-electron chi connectivity index (χ3n) is 14.8. The molecule has 2 aliphatic heterocycles. The van der Waals surface area contributed by atoms with Gasteiger partial charge in [-0.05, 0) is 63.1 Å². The fraction of sp³-hybridized carbons (Fsp3) is 0.734. The van der Waals surface area contributed by atoms with Crippen LogP contribution in [0.1, 0.15) is 89.2 Å². The molecule has 1 aromatic carbocycles. The molecule has 3 heterocycles. The summed E-state index contributed by atoms with van der Waals surface area (Å²) >= 11 is 0. The van der Waals surface area contributed by atoms with Crippen LogP contribution in [0.5, 0.6) is 0 Å². The van der Waals surface area contributed by atoms with E-state index in [0.29, 0.717) is 155 Å². The number of aromatic nitrogens is 3. The maximum atomic E-state index is 13.9. The summed E-state index contributed by atoms with van der Waals surface area (Å²) in [7, 11) is 1.63. The quantitative estimate of drug-likeness (QED) is 0.0350. The normalized spacial score (nSPS) is 18.5. The Morgan fingerprint density at radius 1 is 0.628 bits per heavy atom. The van der Waals surface area contributed by atoms with Crippen LogP contribution >= 0.6 is 0 Å². The third-order valence-corrected chi connectivity index (χ3v) is 14.8. The zero-order valence-corrected chi connectivity index (χ0v) is 55.5. The zero-order chi connectivity index (χ0) is 68.7. The monoisotopic (exact) mass is 1340 g/mol. The molecule has 532 valence electrons. The summed E-state index contributed by atoms with van der Waals surface area (Å²) in [6.45, 7) is 20.1. The number of hydrogen-bond acceptors (Lipinski definition) is 26. The lowest BCUT2D eigenvalue weighted by atomic mass is 9.87. The van der Waals surface area contributed by atoms with Gasteiger partial charge in [-0.3, -0.25) is 33.7 Å². The van der Waals surface area contributed by atoms with Gasteiger partial charge in [0.05, 0.1) is 188 Å². The van der Waals surface area contributed by atoms with Crippen LogP contribution in [-0.2, 0) is 126 Å². The van der Waals surface area contributed by atoms with E-state index in [1.54, 1.807) is 59.9 Å². The van der Waals surface area contributed by atoms with Gasteiger partial charge in [-0.25, -0.2) is 9.48 Å². The summed E-state index contributed by atoms with van der Waals surface area (Å²) in [5.41, 5.74) is 0.983. The average Bonchev–Trinajstić information content (AvgIpc) is 1.43. The Bertz CT molecular complexity index is 2560. The number of imide groups is 1. The number of ketones is 2. The van der Waals surface area contributed by atoms with E-state index >= 15 is 0 Å². The molecule has 1 unspecified atom stereocenters. The number of aliphatic carboxylic acids is 1. The highest BCUT2D eigenvalue weighted by Gasteiger charge is 2.46. The second kappa shape index (κ2) is 45.7. The Morgan fingerprint density at radius 2 is 1.10 bits per heavy atom. The van der Waals surface area contributed by atoms with Crippen molar-refractivity contribution in [1.29, 1.82) is 0 Å². The number of carbonyl (C=O) groups excluding carboxylic acids is 6. The summed E-state index contributed by atoms with van der Waals surface area (Å²) < 4.78 is 78.0. The molecule has 0 aliphatic carbocycles. The number of carboxylic acids is 1. The van der Waals surface area contributed by atoms with E-state index in [0.717, 1.165) is 17.1 Å². The number of methoxy groups -OCH3 is 1. The van der Waals surface area contributed by atoms with E-state index in [1.807, 2.05) is 0 Å². The molecule has 4 rings (SSSR count). The van der Waals surface area contributed by atoms with Crippen LogP contribution in [0.3, 0.4) is 0 Å². The molecule has 1 saturated heterocycles. The lowest BCUT2D eigenvalue weighted by Gasteiger charge is -2.39. The summed E-state index contributed by atoms with van der Waals surface area (Å²) in [5.74, 6) is -6.01. The number of amides is 3. The highest BCUT2D eigenvalue weighted by Crippen LogP contribution is 2.30. The van der Waals surface area contributed by atoms with Gasteiger partial charge in [0.25, 0.3) is 11.8 Å². The summed E-state index contributed by atoms with van der Waals surface area (Å²) in [5, 5.41) is 51.9. The predicted octanol–water partition coefficient (Wildman–Crippen LogP) is 0.968. The largest absolute Gasteiger partial charge is 0.479 e. The van der Waals surface area contributed by atoms with Crippen molar-refractivity contribution in [2.24, 2.45) is 17.3 Å². The van der Waals surface area contributed by atoms with Gasteiger partial charge in [0.1, 0.15) is 36.4 Å². The first kappa shape index (κ1) is 80.8. The topological polar surface area (TPSA) is 376 Å². The number of benzene rings is 1. The van der Waals surface area contributed by atoms with Gasteiger partial charge in [0.2, 0.25) is 5.91 Å². The first-order valence-corrected chi connectivity index (χ1v) is 32.0. The second-order valence-corrected chi connectivity index (χ2v) is 23.6. The summed E-state index contributed by atoms with van der Waals surface area (Å²) in [6.07, 6.45) is -5.30. The molecule has 30 heteroatoms. The number of ether oxygens (including phenoxy) is 14. The van der Waals surface area contributed by atoms with Gasteiger partial charge in [-0.1, -0.05) is 37.3 Å². The smallest absolute Gasteiger partial charge is 0.335 e. The van der Waals surface area contributed by atoms with Crippen molar-refractivity contribution in [3.8, 4) is 0 Å². The molecular formula is C64H101N5O25. The Morgan fingerprint density at radius 3 is 1.54 bits per heavy atom. The molecule has 1 fully saturated rings. The number of aryl methyl sites for hydroxylation is 1. The minimum absolute atomic E-state index is 0.0257. The number of nitrogens with one attached hydrogen (secondary N) is 1. The van der Waals surface area contributed by atoms with Crippen molar-refractivity contribution >= 4 is 41.2 Å². The molecule has 2 aromatic rings. The van der Waals surface area contributed by atoms with Crippen LogP contribution in [0.4, 0.5) is 0 Å². The second-order valence-electron chi connectivity index (χ2n) is 23.6. The van der Waals surface area contributed by atoms with Gasteiger partial charge in [-0.2, -0.15) is 0 Å². The number of Topliss-reactive ketones (excluding diaryl/α,β-unsaturated/α-hetero) is 2. The van der Waals surface area contributed by atoms with Gasteiger partial charge in [0, 0.05) is 44.4 Å². The number of hydrogen-bond donors (Lipinski definition) is 5. The zero-order valence-electron chi connectivity index (χ0n) is 55.5. The Labute approximate surface area is 549 Å². The molecule has 2 aliphatic rings. The lowest BCUT2D eigenvalue weighted by molar-refractivity contribution is -0.228. The number of rotatable bonds is 54. The molecule has 3 amide bonds. The summed E-state index contributed by atoms with van der Waals surface area (Å²) in [4.78, 5) is 92.9. The minimum atomic E-state index is -1.87. The van der Waals surface area contributed by atoms with Crippen molar-refractivity contribution in [2.75, 3.05) is 159 Å². The van der Waals surface area contributed by atoms with E-state index < -0.39 is 95.2 Å². The fourth-order valence-electron chi connectivity index (χ4n) is 9.37. The standard InChI is InChI=1S/C64H101N5O25/c1-44(2)50(61(77)65-45(3)53(71)39-46-8-9-48(43-93-63(80)64(4,5)6)47(38-46)10-11-54-57(74)58(75)59(76)60(94-54)62(78)79)40-49(70)41-52(69-55(72)12-13-56(69)73)51-42-68(67-66-51)14-15-82-18-19-84-22-23-86-26-27-88-30-31-90-34-35-92-37-36-91-33-32-89-29-28-87-25-24-85-21-20-83-17-16-81-7/h8-9,12-13,38,42,44-45,50,52,54,57-60,74-76H,10-11,14-37,39-41,43H2,1-7H3,(H,65,77)(H,78,79)/t45-,50?,52+,54-,57-,58+,59-,60-/m0/s1. The van der Waals surface area contributed by atoms with Crippen LogP contribution in [0.2, 0.25) is 0 Å². The Hall–Kier alpha value is -5.65. The maximum Gasteiger partial charge on any atom is 0.335 e. The molecule has 1 aromatic heterocycles. The Balaban J connectivity index is 1.09. The SMILES string of the molecule is COCCOCCOCCOCCOCCOCCOCCOCCOCCOCCOCCOCCn1cc([C@@H](CC(=O)CC(C(=O)N[C@@H](C)C(=O)Cc2ccc(COC(=O)C(C)(C)C)c(CC[C@@H]3O[C@H](C(=O)O)[C@@H](O)[C@H](O)[C@H]3O)c2)C(C)C)N2C(=O)C=CC2=O)nn1. The number of nitrogens with zero attached hydrogens (tertiary/aromatic N) is 4. The molecule has 5 N–H and O–H groups in total. The average molecular weight is 1340 g/mol. The van der Waals surface area contributed by atoms with E-state index in [2.05, 4.69) is 15.6 Å². The van der Waals surface area contributed by atoms with Gasteiger partial charge >= 0.3 is 11.9 Å². The van der Waals surface area contributed by atoms with Crippen molar-refractivity contribution in [3.05, 3.63) is 58.9 Å². The van der Waals surface area contributed by atoms with Crippen molar-refractivity contribution in [1.82, 2.24) is 25.2 Å². The molecule has 8 atom stereocenters. The van der Waals surface area contributed by atoms with Crippen LogP contribution in [-0.4, -0.2) is 277 Å². The molecule has 0 saturated carbocycles. The molecular weight excluding hydrogens is 1240 g/mol. The van der Waals surface area contributed by atoms with E-state index in [4.69, 9.17) is 66.3 Å². The lowest BCUT2D eigenvalue weighted by Crippen LogP contribution is -2.59. The van der Waals surface area contributed by atoms with E-state index in [9.17, 15) is 54.0 Å². The van der Waals surface area contributed by atoms with E-state index in [-0.39, 0.29) is 70.1 Å². The number of aliphatic hydroxyl groups is 3. The molecule has 0 spiro atoms. The minimum Gasteiger partial charge on any atom is -0.479 e. The van der Waals surface area contributed by atoms with Crippen molar-refractivity contribution in [3.63, 3.8) is 0 Å². The van der Waals surface area contributed by atoms with Crippen LogP contribution in [0.15, 0.2) is 36.5 Å². The van der Waals surface area contributed by atoms with Crippen molar-refractivity contribution in [2.45, 2.75) is 129 Å². The number of esters is 1. The highest BCUT2D eigenvalue weighted by molar-refractivity contribution is 6.13. The molecule has 30 nitrogen and oxygen atoms in total. The van der Waals surface area contributed by atoms with Crippen molar-refractivity contribution < 1.29 is 120 Å². The number of aliphatic hydroxyl groups excluding tert-OH is 3. The maximum absolute atomic E-state index is 13.9. The number of carboxylic acid groups (broad SMARTS) is 1. The molecule has 0 bridgehead atoms. The van der Waals surface area contributed by atoms with Gasteiger partial charge < -0.3 is 92.1 Å². The highest BCUT2D eigenvalue weighted by atomic mass is 16.6. The van der Waals surface area contributed by atoms with Gasteiger partial charge in [-0.15, -0.1) is 5.10 Å². The molecule has 94 heavy (non-hydrogen) atoms. The third kappa shape index (κ3) is 31.0. The Kier molecular flexibility index (Phi) is 39.3. The summed E-state index contributed by atoms with van der Waals surface area (Å²) in [6, 6.07) is 2.84. The fourth-order valence-corrected chi connectivity index (χ4v) is 9.37. The molecule has 0 radical (unpaired) electrons. The number of carbonyl (C=O) groups is 7. The van der Waals surface area contributed by atoms with Crippen LogP contribution in [0, 0.1) is 17.3 Å².